The third kappa shape index (κ3) is 5.42. The highest BCUT2D eigenvalue weighted by molar-refractivity contribution is 6.46. The van der Waals surface area contributed by atoms with Gasteiger partial charge in [0.2, 0.25) is 0 Å². The summed E-state index contributed by atoms with van der Waals surface area (Å²) in [5.74, 6) is -1.06. The van der Waals surface area contributed by atoms with Crippen molar-refractivity contribution in [2.24, 2.45) is 5.92 Å². The summed E-state index contributed by atoms with van der Waals surface area (Å²) in [7, 11) is 3.74. The molecule has 33 heavy (non-hydrogen) atoms. The summed E-state index contributed by atoms with van der Waals surface area (Å²) in [5, 5.41) is 11.2. The molecule has 0 aromatic heterocycles. The molecule has 1 aliphatic rings. The molecular weight excluding hydrogens is 423 g/mol. The van der Waals surface area contributed by atoms with Gasteiger partial charge in [-0.15, -0.1) is 0 Å². The molecule has 0 bridgehead atoms. The lowest BCUT2D eigenvalue weighted by molar-refractivity contribution is -0.140. The number of aryl methyl sites for hydroxylation is 1. The Morgan fingerprint density at radius 2 is 1.82 bits per heavy atom. The van der Waals surface area contributed by atoms with Crippen LogP contribution in [0.5, 0.6) is 5.75 Å². The number of amides is 1. The smallest absolute Gasteiger partial charge is 0.295 e. The number of ketones is 1. The van der Waals surface area contributed by atoms with E-state index in [-0.39, 0.29) is 17.9 Å². The van der Waals surface area contributed by atoms with E-state index in [4.69, 9.17) is 4.74 Å². The average Bonchev–Trinajstić information content (AvgIpc) is 3.01. The highest BCUT2D eigenvalue weighted by Crippen LogP contribution is 2.40. The van der Waals surface area contributed by atoms with E-state index < -0.39 is 23.5 Å². The number of hydrogen-bond acceptors (Lipinski definition) is 5. The van der Waals surface area contributed by atoms with E-state index in [0.717, 1.165) is 0 Å². The number of carbonyl (C=O) groups excluding carboxylic acids is 2. The summed E-state index contributed by atoms with van der Waals surface area (Å²) in [6.45, 7) is 7.30. The predicted octanol–water partition coefficient (Wildman–Crippen LogP) is 4.15. The van der Waals surface area contributed by atoms with Crippen LogP contribution in [-0.4, -0.2) is 60.4 Å². The van der Waals surface area contributed by atoms with Gasteiger partial charge in [0.15, 0.2) is 0 Å². The van der Waals surface area contributed by atoms with Gasteiger partial charge in [0, 0.05) is 18.7 Å². The van der Waals surface area contributed by atoms with E-state index in [0.29, 0.717) is 41.5 Å². The molecule has 1 unspecified atom stereocenters. The van der Waals surface area contributed by atoms with Crippen molar-refractivity contribution < 1.29 is 23.8 Å². The average molecular weight is 455 g/mol. The fourth-order valence-corrected chi connectivity index (χ4v) is 3.81. The van der Waals surface area contributed by atoms with Crippen LogP contribution in [0.3, 0.4) is 0 Å². The van der Waals surface area contributed by atoms with Gasteiger partial charge in [-0.3, -0.25) is 9.59 Å². The minimum Gasteiger partial charge on any atom is -0.507 e. The summed E-state index contributed by atoms with van der Waals surface area (Å²) < 4.78 is 19.3. The zero-order chi connectivity index (χ0) is 24.3. The Bertz CT molecular complexity index is 1060. The Kier molecular flexibility index (Phi) is 7.53. The van der Waals surface area contributed by atoms with Crippen molar-refractivity contribution in [1.29, 1.82) is 0 Å². The Balaban J connectivity index is 2.07. The van der Waals surface area contributed by atoms with Crippen molar-refractivity contribution in [3.63, 3.8) is 0 Å². The maximum absolute atomic E-state index is 13.6. The van der Waals surface area contributed by atoms with Crippen molar-refractivity contribution in [1.82, 2.24) is 9.80 Å². The zero-order valence-corrected chi connectivity index (χ0v) is 19.8. The predicted molar refractivity (Wildman–Crippen MR) is 125 cm³/mol. The molecule has 2 aromatic rings. The second-order valence-corrected chi connectivity index (χ2v) is 9.03. The minimum absolute atomic E-state index is 0.00399. The van der Waals surface area contributed by atoms with E-state index in [1.165, 1.54) is 29.2 Å². The van der Waals surface area contributed by atoms with Gasteiger partial charge in [-0.05, 0) is 68.4 Å². The summed E-state index contributed by atoms with van der Waals surface area (Å²) in [5.41, 5.74) is 1.73. The Morgan fingerprint density at radius 3 is 2.39 bits per heavy atom. The lowest BCUT2D eigenvalue weighted by atomic mass is 9.94. The first-order valence-electron chi connectivity index (χ1n) is 11.0. The molecule has 0 spiro atoms. The molecule has 1 aliphatic heterocycles. The van der Waals surface area contributed by atoms with E-state index in [2.05, 4.69) is 13.8 Å². The van der Waals surface area contributed by atoms with Gasteiger partial charge in [0.05, 0.1) is 18.2 Å². The molecule has 0 radical (unpaired) electrons. The van der Waals surface area contributed by atoms with Gasteiger partial charge in [-0.25, -0.2) is 4.39 Å². The number of aliphatic hydroxyl groups is 1. The summed E-state index contributed by atoms with van der Waals surface area (Å²) in [6.07, 6.45) is 0. The molecular formula is C26H31FN2O4. The van der Waals surface area contributed by atoms with E-state index in [1.54, 1.807) is 18.2 Å². The van der Waals surface area contributed by atoms with Crippen molar-refractivity contribution in [3.05, 3.63) is 70.5 Å². The topological polar surface area (TPSA) is 70.1 Å². The minimum atomic E-state index is -0.804. The first kappa shape index (κ1) is 24.5. The number of ether oxygens (including phenoxy) is 1. The van der Waals surface area contributed by atoms with Crippen molar-refractivity contribution >= 4 is 17.4 Å². The van der Waals surface area contributed by atoms with Gasteiger partial charge in [0.25, 0.3) is 11.7 Å². The van der Waals surface area contributed by atoms with Crippen LogP contribution < -0.4 is 4.74 Å². The SMILES string of the molecule is Cc1cc(OCC(C)C)ccc1/C(O)=C1\C(=O)C(=O)N(CCN(C)C)C1c1ccc(F)cc1. The van der Waals surface area contributed by atoms with Crippen LogP contribution in [0.1, 0.15) is 36.6 Å². The van der Waals surface area contributed by atoms with Gasteiger partial charge < -0.3 is 19.6 Å². The highest BCUT2D eigenvalue weighted by Gasteiger charge is 2.46. The number of aliphatic hydroxyl groups excluding tert-OH is 1. The molecule has 176 valence electrons. The number of nitrogens with zero attached hydrogens (tertiary/aromatic N) is 2. The van der Waals surface area contributed by atoms with Gasteiger partial charge in [-0.2, -0.15) is 0 Å². The summed E-state index contributed by atoms with van der Waals surface area (Å²) in [6, 6.07) is 10.1. The van der Waals surface area contributed by atoms with Gasteiger partial charge in [-0.1, -0.05) is 26.0 Å². The number of rotatable bonds is 8. The number of halogens is 1. The number of benzene rings is 2. The number of carbonyl (C=O) groups is 2. The first-order chi connectivity index (χ1) is 15.6. The van der Waals surface area contributed by atoms with Crippen LogP contribution in [0.15, 0.2) is 48.0 Å². The highest BCUT2D eigenvalue weighted by atomic mass is 19.1. The van der Waals surface area contributed by atoms with Crippen LogP contribution in [0.25, 0.3) is 5.76 Å². The summed E-state index contributed by atoms with van der Waals surface area (Å²) in [4.78, 5) is 29.3. The monoisotopic (exact) mass is 454 g/mol. The number of likely N-dealkylation sites (N-methyl/N-ethyl adjacent to an activating group) is 1. The molecule has 2 aromatic carbocycles. The molecule has 0 aliphatic carbocycles. The van der Waals surface area contributed by atoms with Crippen LogP contribution in [0.2, 0.25) is 0 Å². The van der Waals surface area contributed by atoms with Crippen molar-refractivity contribution in [2.45, 2.75) is 26.8 Å². The molecule has 1 saturated heterocycles. The first-order valence-corrected chi connectivity index (χ1v) is 11.0. The Labute approximate surface area is 194 Å². The molecule has 1 fully saturated rings. The van der Waals surface area contributed by atoms with E-state index >= 15 is 0 Å². The molecule has 6 nitrogen and oxygen atoms in total. The Morgan fingerprint density at radius 1 is 1.15 bits per heavy atom. The molecule has 1 heterocycles. The maximum atomic E-state index is 13.6. The quantitative estimate of drug-likeness (QED) is 0.369. The van der Waals surface area contributed by atoms with Crippen molar-refractivity contribution in [2.75, 3.05) is 33.8 Å². The fraction of sp³-hybridized carbons (Fsp3) is 0.385. The molecule has 1 N–H and O–H groups in total. The normalized spacial score (nSPS) is 17.9. The Hall–Kier alpha value is -3.19. The third-order valence-corrected chi connectivity index (χ3v) is 5.55. The number of likely N-dealkylation sites (tertiary alicyclic amines) is 1. The van der Waals surface area contributed by atoms with Gasteiger partial charge in [0.1, 0.15) is 17.3 Å². The van der Waals surface area contributed by atoms with E-state index in [9.17, 15) is 19.1 Å². The molecule has 3 rings (SSSR count). The lowest BCUT2D eigenvalue weighted by Crippen LogP contribution is -2.35. The second kappa shape index (κ2) is 10.2. The molecule has 1 amide bonds. The molecule has 7 heteroatoms. The second-order valence-electron chi connectivity index (χ2n) is 9.03. The number of hydrogen-bond donors (Lipinski definition) is 1. The maximum Gasteiger partial charge on any atom is 0.295 e. The third-order valence-electron chi connectivity index (χ3n) is 5.55. The fourth-order valence-electron chi connectivity index (χ4n) is 3.81. The molecule has 1 atom stereocenters. The van der Waals surface area contributed by atoms with Crippen molar-refractivity contribution in [3.8, 4) is 5.75 Å². The number of Topliss-reactive ketones (excluding diaryl/α,β-unsaturated/α-hetero) is 1. The van der Waals surface area contributed by atoms with Crippen LogP contribution >= 0.6 is 0 Å². The standard InChI is InChI=1S/C26H31FN2O4/c1-16(2)15-33-20-10-11-21(17(3)14-20)24(30)22-23(18-6-8-19(27)9-7-18)29(13-12-28(4)5)26(32)25(22)31/h6-11,14,16,23,30H,12-13,15H2,1-5H3/b24-22+. The van der Waals surface area contributed by atoms with Gasteiger partial charge >= 0.3 is 0 Å². The van der Waals surface area contributed by atoms with Crippen LogP contribution in [0.4, 0.5) is 4.39 Å². The lowest BCUT2D eigenvalue weighted by Gasteiger charge is -2.26. The largest absolute Gasteiger partial charge is 0.507 e. The van der Waals surface area contributed by atoms with Crippen LogP contribution in [0, 0.1) is 18.7 Å². The zero-order valence-electron chi connectivity index (χ0n) is 19.8. The summed E-state index contributed by atoms with van der Waals surface area (Å²) >= 11 is 0. The van der Waals surface area contributed by atoms with E-state index in [1.807, 2.05) is 25.9 Å². The van der Waals surface area contributed by atoms with Crippen LogP contribution in [-0.2, 0) is 9.59 Å². The molecule has 0 saturated carbocycles.